The topological polar surface area (TPSA) is 79.7 Å². The van der Waals surface area contributed by atoms with Crippen LogP contribution < -0.4 is 4.74 Å². The molecule has 3 aromatic rings. The zero-order chi connectivity index (χ0) is 26.9. The number of rotatable bonds is 6. The standard InChI is InChI=1S/C31H34N2O4/c1-19(2)37-25-14-11-23(16-20(25)3)28(34)26-27(22-9-12-24(13-10-22)31(4,5)6)33(30(36)29(26)35)18-21-8-7-15-32-17-21/h7-17,19,27,34H,18H2,1-6H3/b28-26+/t27-/m0/s1. The molecule has 192 valence electrons. The second kappa shape index (κ2) is 10.2. The SMILES string of the molecule is Cc1cc(/C(O)=C2\C(=O)C(=O)N(Cc3cccnc3)[C@H]2c2ccc(C(C)(C)C)cc2)ccc1OC(C)C. The van der Waals surface area contributed by atoms with Gasteiger partial charge in [0, 0.05) is 24.5 Å². The Bertz CT molecular complexity index is 1340. The van der Waals surface area contributed by atoms with Crippen LogP contribution in [0.3, 0.4) is 0 Å². The zero-order valence-electron chi connectivity index (χ0n) is 22.3. The first-order valence-corrected chi connectivity index (χ1v) is 12.5. The highest BCUT2D eigenvalue weighted by molar-refractivity contribution is 6.46. The number of aromatic nitrogens is 1. The molecule has 0 spiro atoms. The van der Waals surface area contributed by atoms with Crippen LogP contribution in [-0.2, 0) is 21.5 Å². The summed E-state index contributed by atoms with van der Waals surface area (Å²) in [6.07, 6.45) is 3.34. The summed E-state index contributed by atoms with van der Waals surface area (Å²) in [4.78, 5) is 32.3. The van der Waals surface area contributed by atoms with Crippen LogP contribution in [0.2, 0.25) is 0 Å². The Labute approximate surface area is 218 Å². The number of aliphatic hydroxyl groups is 1. The number of hydrogen-bond donors (Lipinski definition) is 1. The van der Waals surface area contributed by atoms with E-state index in [0.29, 0.717) is 11.3 Å². The third-order valence-electron chi connectivity index (χ3n) is 6.52. The average Bonchev–Trinajstić information content (AvgIpc) is 3.09. The van der Waals surface area contributed by atoms with E-state index in [1.54, 1.807) is 36.7 Å². The summed E-state index contributed by atoms with van der Waals surface area (Å²) in [7, 11) is 0. The van der Waals surface area contributed by atoms with Gasteiger partial charge in [-0.1, -0.05) is 51.1 Å². The fourth-order valence-electron chi connectivity index (χ4n) is 4.58. The summed E-state index contributed by atoms with van der Waals surface area (Å²) in [5.41, 5.74) is 4.01. The third kappa shape index (κ3) is 5.43. The molecule has 4 rings (SSSR count). The number of amides is 1. The normalized spacial score (nSPS) is 17.5. The Morgan fingerprint density at radius 1 is 1.08 bits per heavy atom. The number of nitrogens with zero attached hydrogens (tertiary/aromatic N) is 2. The van der Waals surface area contributed by atoms with Crippen molar-refractivity contribution in [2.24, 2.45) is 0 Å². The molecule has 1 aliphatic rings. The lowest BCUT2D eigenvalue weighted by molar-refractivity contribution is -0.140. The van der Waals surface area contributed by atoms with Gasteiger partial charge >= 0.3 is 0 Å². The van der Waals surface area contributed by atoms with E-state index in [1.165, 1.54) is 4.90 Å². The fourth-order valence-corrected chi connectivity index (χ4v) is 4.58. The van der Waals surface area contributed by atoms with Gasteiger partial charge in [-0.05, 0) is 72.7 Å². The maximum Gasteiger partial charge on any atom is 0.295 e. The number of carbonyl (C=O) groups excluding carboxylic acids is 2. The van der Waals surface area contributed by atoms with Gasteiger partial charge in [-0.15, -0.1) is 0 Å². The lowest BCUT2D eigenvalue weighted by Crippen LogP contribution is -2.29. The first-order chi connectivity index (χ1) is 17.5. The first kappa shape index (κ1) is 26.1. The molecule has 0 saturated carbocycles. The van der Waals surface area contributed by atoms with Gasteiger partial charge in [0.25, 0.3) is 11.7 Å². The Hall–Kier alpha value is -3.93. The van der Waals surface area contributed by atoms with E-state index in [2.05, 4.69) is 25.8 Å². The van der Waals surface area contributed by atoms with Crippen LogP contribution in [0.1, 0.15) is 68.5 Å². The van der Waals surface area contributed by atoms with Gasteiger partial charge in [-0.3, -0.25) is 14.6 Å². The second-order valence-electron chi connectivity index (χ2n) is 10.8. The molecule has 1 saturated heterocycles. The average molecular weight is 499 g/mol. The second-order valence-corrected chi connectivity index (χ2v) is 10.8. The van der Waals surface area contributed by atoms with Crippen molar-refractivity contribution in [2.45, 2.75) is 65.6 Å². The summed E-state index contributed by atoms with van der Waals surface area (Å²) in [6.45, 7) is 12.4. The summed E-state index contributed by atoms with van der Waals surface area (Å²) >= 11 is 0. The molecule has 2 heterocycles. The van der Waals surface area contributed by atoms with Gasteiger partial charge in [0.1, 0.15) is 11.5 Å². The van der Waals surface area contributed by atoms with E-state index in [-0.39, 0.29) is 29.4 Å². The van der Waals surface area contributed by atoms with Gasteiger partial charge in [0.2, 0.25) is 0 Å². The van der Waals surface area contributed by atoms with Crippen molar-refractivity contribution in [3.63, 3.8) is 0 Å². The molecule has 6 heteroatoms. The molecule has 6 nitrogen and oxygen atoms in total. The van der Waals surface area contributed by atoms with Crippen molar-refractivity contribution >= 4 is 17.4 Å². The van der Waals surface area contributed by atoms with E-state index in [9.17, 15) is 14.7 Å². The van der Waals surface area contributed by atoms with E-state index in [4.69, 9.17) is 4.74 Å². The first-order valence-electron chi connectivity index (χ1n) is 12.5. The van der Waals surface area contributed by atoms with Gasteiger partial charge in [0.15, 0.2) is 0 Å². The Morgan fingerprint density at radius 3 is 2.35 bits per heavy atom. The van der Waals surface area contributed by atoms with Crippen molar-refractivity contribution in [3.05, 3.63) is 100 Å². The lowest BCUT2D eigenvalue weighted by Gasteiger charge is -2.26. The maximum atomic E-state index is 13.4. The number of benzene rings is 2. The molecule has 1 atom stereocenters. The molecule has 0 bridgehead atoms. The monoisotopic (exact) mass is 498 g/mol. The van der Waals surface area contributed by atoms with Crippen LogP contribution in [0.4, 0.5) is 0 Å². The molecule has 0 radical (unpaired) electrons. The summed E-state index contributed by atoms with van der Waals surface area (Å²) in [5, 5.41) is 11.4. The van der Waals surface area contributed by atoms with Crippen LogP contribution in [0.15, 0.2) is 72.6 Å². The molecular formula is C31H34N2O4. The van der Waals surface area contributed by atoms with Gasteiger partial charge in [-0.2, -0.15) is 0 Å². The van der Waals surface area contributed by atoms with E-state index in [0.717, 1.165) is 22.3 Å². The molecule has 1 aliphatic heterocycles. The number of aryl methyl sites for hydroxylation is 1. The predicted molar refractivity (Wildman–Crippen MR) is 144 cm³/mol. The predicted octanol–water partition coefficient (Wildman–Crippen LogP) is 6.10. The van der Waals surface area contributed by atoms with Crippen molar-refractivity contribution in [1.82, 2.24) is 9.88 Å². The Kier molecular flexibility index (Phi) is 7.21. The number of ether oxygens (including phenoxy) is 1. The zero-order valence-corrected chi connectivity index (χ0v) is 22.3. The molecule has 0 unspecified atom stereocenters. The number of carbonyl (C=O) groups is 2. The van der Waals surface area contributed by atoms with Crippen LogP contribution >= 0.6 is 0 Å². The third-order valence-corrected chi connectivity index (χ3v) is 6.52. The van der Waals surface area contributed by atoms with Crippen LogP contribution in [0.25, 0.3) is 5.76 Å². The van der Waals surface area contributed by atoms with Crippen LogP contribution in [0.5, 0.6) is 5.75 Å². The molecule has 0 aliphatic carbocycles. The van der Waals surface area contributed by atoms with Gasteiger partial charge < -0.3 is 14.7 Å². The minimum absolute atomic E-state index is 0.00650. The highest BCUT2D eigenvalue weighted by atomic mass is 16.5. The van der Waals surface area contributed by atoms with Gasteiger partial charge in [0.05, 0.1) is 17.7 Å². The molecule has 1 N–H and O–H groups in total. The number of ketones is 1. The van der Waals surface area contributed by atoms with Crippen molar-refractivity contribution in [2.75, 3.05) is 0 Å². The molecule has 2 aromatic carbocycles. The van der Waals surface area contributed by atoms with E-state index in [1.807, 2.05) is 51.1 Å². The van der Waals surface area contributed by atoms with Crippen molar-refractivity contribution in [1.29, 1.82) is 0 Å². The maximum absolute atomic E-state index is 13.4. The van der Waals surface area contributed by atoms with Crippen molar-refractivity contribution < 1.29 is 19.4 Å². The molecule has 1 aromatic heterocycles. The smallest absolute Gasteiger partial charge is 0.295 e. The molecule has 37 heavy (non-hydrogen) atoms. The molecule has 1 fully saturated rings. The van der Waals surface area contributed by atoms with Gasteiger partial charge in [-0.25, -0.2) is 0 Å². The number of hydrogen-bond acceptors (Lipinski definition) is 5. The van der Waals surface area contributed by atoms with Crippen LogP contribution in [0, 0.1) is 6.92 Å². The molecule has 1 amide bonds. The summed E-state index contributed by atoms with van der Waals surface area (Å²) < 4.78 is 5.82. The number of pyridine rings is 1. The minimum Gasteiger partial charge on any atom is -0.507 e. The number of Topliss-reactive ketones (excluding diaryl/α,β-unsaturated/α-hetero) is 1. The number of likely N-dealkylation sites (tertiary alicyclic amines) is 1. The number of aliphatic hydroxyl groups excluding tert-OH is 1. The summed E-state index contributed by atoms with van der Waals surface area (Å²) in [6, 6.07) is 16.1. The van der Waals surface area contributed by atoms with E-state index >= 15 is 0 Å². The lowest BCUT2D eigenvalue weighted by atomic mass is 9.85. The fraction of sp³-hybridized carbons (Fsp3) is 0.323. The van der Waals surface area contributed by atoms with Crippen LogP contribution in [-0.4, -0.2) is 32.8 Å². The summed E-state index contributed by atoms with van der Waals surface area (Å²) in [5.74, 6) is -0.840. The van der Waals surface area contributed by atoms with Crippen molar-refractivity contribution in [3.8, 4) is 5.75 Å². The largest absolute Gasteiger partial charge is 0.507 e. The Balaban J connectivity index is 1.83. The highest BCUT2D eigenvalue weighted by Crippen LogP contribution is 2.41. The quantitative estimate of drug-likeness (QED) is 0.252. The minimum atomic E-state index is -0.735. The molecular weight excluding hydrogens is 464 g/mol. The highest BCUT2D eigenvalue weighted by Gasteiger charge is 2.46. The van der Waals surface area contributed by atoms with E-state index < -0.39 is 17.7 Å². The Morgan fingerprint density at radius 2 is 1.78 bits per heavy atom.